The molecule has 0 aliphatic carbocycles. The van der Waals surface area contributed by atoms with Crippen molar-refractivity contribution in [2.75, 3.05) is 18.8 Å². The van der Waals surface area contributed by atoms with E-state index in [0.29, 0.717) is 15.7 Å². The summed E-state index contributed by atoms with van der Waals surface area (Å²) in [4.78, 5) is 14.1. The molecule has 24 heavy (non-hydrogen) atoms. The Morgan fingerprint density at radius 2 is 1.75 bits per heavy atom. The van der Waals surface area contributed by atoms with Gasteiger partial charge in [0.05, 0.1) is 4.90 Å². The first-order valence-electron chi connectivity index (χ1n) is 6.97. The smallest absolute Gasteiger partial charge is 0.285 e. The molecule has 0 atom stereocenters. The lowest BCUT2D eigenvalue weighted by Crippen LogP contribution is -2.16. The molecule has 0 fully saturated rings. The molecular weight excluding hydrogens is 412 g/mol. The van der Waals surface area contributed by atoms with Crippen LogP contribution in [-0.4, -0.2) is 32.7 Å². The lowest BCUT2D eigenvalue weighted by atomic mass is 10.2. The van der Waals surface area contributed by atoms with Gasteiger partial charge in [0.2, 0.25) is 0 Å². The molecule has 0 bridgehead atoms. The van der Waals surface area contributed by atoms with Crippen molar-refractivity contribution < 1.29 is 13.2 Å². The molecule has 0 aromatic heterocycles. The number of thioether (sulfide) groups is 1. The zero-order valence-electron chi connectivity index (χ0n) is 13.4. The Morgan fingerprint density at radius 1 is 1.12 bits per heavy atom. The minimum absolute atomic E-state index is 0.0897. The standard InChI is InChI=1S/C16H17BrN2O3S2/c1-11-4-5-12(17)10-15(11)24(21,22)18-13-6-8-14(9-7-13)23-16(20)19(2)3/h4-10,18H,1-3H3. The van der Waals surface area contributed by atoms with Crippen LogP contribution >= 0.6 is 27.7 Å². The van der Waals surface area contributed by atoms with E-state index in [1.807, 2.05) is 0 Å². The summed E-state index contributed by atoms with van der Waals surface area (Å²) in [5, 5.41) is -0.0897. The predicted octanol–water partition coefficient (Wildman–Crippen LogP) is 4.33. The number of sulfonamides is 1. The van der Waals surface area contributed by atoms with Crippen LogP contribution in [0.3, 0.4) is 0 Å². The molecule has 0 saturated carbocycles. The first-order valence-corrected chi connectivity index (χ1v) is 10.1. The van der Waals surface area contributed by atoms with Crippen molar-refractivity contribution in [3.8, 4) is 0 Å². The summed E-state index contributed by atoms with van der Waals surface area (Å²) in [7, 11) is -0.320. The zero-order valence-corrected chi connectivity index (χ0v) is 16.6. The van der Waals surface area contributed by atoms with Gasteiger partial charge >= 0.3 is 0 Å². The third-order valence-corrected chi connectivity index (χ3v) is 6.18. The van der Waals surface area contributed by atoms with E-state index < -0.39 is 10.0 Å². The summed E-state index contributed by atoms with van der Waals surface area (Å²) in [5.74, 6) is 0. The molecule has 5 nitrogen and oxygen atoms in total. The number of aryl methyl sites for hydroxylation is 1. The van der Waals surface area contributed by atoms with Crippen molar-refractivity contribution in [3.63, 3.8) is 0 Å². The van der Waals surface area contributed by atoms with Crippen LogP contribution < -0.4 is 4.72 Å². The number of hydrogen-bond donors (Lipinski definition) is 1. The van der Waals surface area contributed by atoms with Crippen LogP contribution in [-0.2, 0) is 10.0 Å². The number of rotatable bonds is 4. The quantitative estimate of drug-likeness (QED) is 0.735. The maximum Gasteiger partial charge on any atom is 0.285 e. The largest absolute Gasteiger partial charge is 0.339 e. The molecule has 0 saturated heterocycles. The van der Waals surface area contributed by atoms with E-state index >= 15 is 0 Å². The van der Waals surface area contributed by atoms with Gasteiger partial charge in [-0.05, 0) is 60.6 Å². The number of amides is 1. The molecule has 8 heteroatoms. The molecule has 2 aromatic rings. The topological polar surface area (TPSA) is 66.5 Å². The van der Waals surface area contributed by atoms with E-state index in [4.69, 9.17) is 0 Å². The van der Waals surface area contributed by atoms with Crippen LogP contribution in [0.15, 0.2) is 56.7 Å². The summed E-state index contributed by atoms with van der Waals surface area (Å²) in [6.07, 6.45) is 0. The maximum absolute atomic E-state index is 12.5. The average Bonchev–Trinajstić information content (AvgIpc) is 2.51. The second-order valence-corrected chi connectivity index (χ2v) is 8.89. The van der Waals surface area contributed by atoms with Gasteiger partial charge in [0.15, 0.2) is 0 Å². The molecule has 0 radical (unpaired) electrons. The number of nitrogens with zero attached hydrogens (tertiary/aromatic N) is 1. The SMILES string of the molecule is Cc1ccc(Br)cc1S(=O)(=O)Nc1ccc(SC(=O)N(C)C)cc1. The molecule has 0 unspecified atom stereocenters. The highest BCUT2D eigenvalue weighted by atomic mass is 79.9. The van der Waals surface area contributed by atoms with Crippen molar-refractivity contribution in [1.29, 1.82) is 0 Å². The minimum atomic E-state index is -3.68. The molecule has 128 valence electrons. The van der Waals surface area contributed by atoms with Crippen molar-refractivity contribution in [1.82, 2.24) is 4.90 Å². The van der Waals surface area contributed by atoms with Gasteiger partial charge in [-0.3, -0.25) is 9.52 Å². The average molecular weight is 429 g/mol. The molecule has 1 N–H and O–H groups in total. The molecule has 0 heterocycles. The fourth-order valence-corrected chi connectivity index (χ4v) is 4.36. The van der Waals surface area contributed by atoms with Crippen LogP contribution in [0.4, 0.5) is 10.5 Å². The Morgan fingerprint density at radius 3 is 2.33 bits per heavy atom. The van der Waals surface area contributed by atoms with Gasteiger partial charge in [-0.1, -0.05) is 22.0 Å². The first kappa shape index (κ1) is 18.8. The summed E-state index contributed by atoms with van der Waals surface area (Å²) in [6.45, 7) is 1.74. The van der Waals surface area contributed by atoms with E-state index in [1.54, 1.807) is 63.5 Å². The van der Waals surface area contributed by atoms with Crippen molar-refractivity contribution >= 4 is 48.6 Å². The molecular formula is C16H17BrN2O3S2. The van der Waals surface area contributed by atoms with Gasteiger partial charge in [-0.15, -0.1) is 0 Å². The summed E-state index contributed by atoms with van der Waals surface area (Å²) in [6, 6.07) is 11.8. The number of halogens is 1. The summed E-state index contributed by atoms with van der Waals surface area (Å²) >= 11 is 4.37. The van der Waals surface area contributed by atoms with Crippen LogP contribution in [0.5, 0.6) is 0 Å². The zero-order chi connectivity index (χ0) is 17.9. The van der Waals surface area contributed by atoms with Gasteiger partial charge in [-0.25, -0.2) is 8.42 Å². The van der Waals surface area contributed by atoms with Crippen LogP contribution in [0.25, 0.3) is 0 Å². The molecule has 0 spiro atoms. The van der Waals surface area contributed by atoms with Gasteiger partial charge in [0.25, 0.3) is 15.3 Å². The van der Waals surface area contributed by atoms with E-state index in [-0.39, 0.29) is 10.1 Å². The Hall–Kier alpha value is -1.51. The summed E-state index contributed by atoms with van der Waals surface area (Å²) < 4.78 is 28.3. The van der Waals surface area contributed by atoms with Crippen LogP contribution in [0.1, 0.15) is 5.56 Å². The second kappa shape index (κ2) is 7.58. The third kappa shape index (κ3) is 4.75. The van der Waals surface area contributed by atoms with E-state index in [9.17, 15) is 13.2 Å². The number of nitrogens with one attached hydrogen (secondary N) is 1. The van der Waals surface area contributed by atoms with Gasteiger partial charge in [0, 0.05) is 29.2 Å². The van der Waals surface area contributed by atoms with E-state index in [0.717, 1.165) is 16.7 Å². The lowest BCUT2D eigenvalue weighted by Gasteiger charge is -2.12. The highest BCUT2D eigenvalue weighted by Crippen LogP contribution is 2.25. The number of hydrogen-bond acceptors (Lipinski definition) is 4. The fourth-order valence-electron chi connectivity index (χ4n) is 1.86. The fraction of sp³-hybridized carbons (Fsp3) is 0.188. The molecule has 2 aromatic carbocycles. The Balaban J connectivity index is 2.18. The van der Waals surface area contributed by atoms with Crippen LogP contribution in [0.2, 0.25) is 0 Å². The number of carbonyl (C=O) groups excluding carboxylic acids is 1. The van der Waals surface area contributed by atoms with Crippen molar-refractivity contribution in [2.45, 2.75) is 16.7 Å². The molecule has 0 aliphatic rings. The number of benzene rings is 2. The normalized spacial score (nSPS) is 11.2. The molecule has 2 rings (SSSR count). The number of carbonyl (C=O) groups is 1. The Labute approximate surface area is 154 Å². The van der Waals surface area contributed by atoms with Crippen molar-refractivity contribution in [3.05, 3.63) is 52.5 Å². The second-order valence-electron chi connectivity index (χ2n) is 5.30. The van der Waals surface area contributed by atoms with Crippen LogP contribution in [0, 0.1) is 6.92 Å². The minimum Gasteiger partial charge on any atom is -0.339 e. The monoisotopic (exact) mass is 428 g/mol. The Kier molecular flexibility index (Phi) is 5.95. The number of anilines is 1. The predicted molar refractivity (Wildman–Crippen MR) is 101 cm³/mol. The van der Waals surface area contributed by atoms with Gasteiger partial charge < -0.3 is 4.90 Å². The maximum atomic E-state index is 12.5. The summed E-state index contributed by atoms with van der Waals surface area (Å²) in [5.41, 5.74) is 1.10. The van der Waals surface area contributed by atoms with E-state index in [1.165, 1.54) is 4.90 Å². The van der Waals surface area contributed by atoms with Crippen molar-refractivity contribution in [2.24, 2.45) is 0 Å². The molecule has 1 amide bonds. The highest BCUT2D eigenvalue weighted by Gasteiger charge is 2.17. The lowest BCUT2D eigenvalue weighted by molar-refractivity contribution is 0.241. The third-order valence-electron chi connectivity index (χ3n) is 3.12. The molecule has 0 aliphatic heterocycles. The van der Waals surface area contributed by atoms with Gasteiger partial charge in [0.1, 0.15) is 0 Å². The van der Waals surface area contributed by atoms with E-state index in [2.05, 4.69) is 20.7 Å². The highest BCUT2D eigenvalue weighted by molar-refractivity contribution is 9.10. The Bertz CT molecular complexity index is 850. The van der Waals surface area contributed by atoms with Gasteiger partial charge in [-0.2, -0.15) is 0 Å². The first-order chi connectivity index (χ1) is 11.2.